The van der Waals surface area contributed by atoms with Gasteiger partial charge in [0.25, 0.3) is 0 Å². The summed E-state index contributed by atoms with van der Waals surface area (Å²) in [5.41, 5.74) is 1.48. The molecule has 96 valence electrons. The van der Waals surface area contributed by atoms with E-state index < -0.39 is 0 Å². The van der Waals surface area contributed by atoms with E-state index in [1.54, 1.807) is 0 Å². The zero-order valence-corrected chi connectivity index (χ0v) is 11.8. The monoisotopic (exact) mass is 234 g/mol. The van der Waals surface area contributed by atoms with Gasteiger partial charge in [-0.3, -0.25) is 0 Å². The molecule has 0 aliphatic carbocycles. The molecule has 0 spiro atoms. The molecule has 0 saturated carbocycles. The van der Waals surface area contributed by atoms with Crippen LogP contribution in [-0.2, 0) is 6.42 Å². The van der Waals surface area contributed by atoms with E-state index in [0.717, 1.165) is 0 Å². The third-order valence-electron chi connectivity index (χ3n) is 3.34. The van der Waals surface area contributed by atoms with Crippen LogP contribution in [0.3, 0.4) is 0 Å². The van der Waals surface area contributed by atoms with Gasteiger partial charge in [0, 0.05) is 12.1 Å². The fourth-order valence-corrected chi connectivity index (χ4v) is 2.09. The summed E-state index contributed by atoms with van der Waals surface area (Å²) >= 11 is 0. The minimum atomic E-state index is 0.568. The predicted molar refractivity (Wildman–Crippen MR) is 74.1 cm³/mol. The first kappa shape index (κ1) is 14.2. The van der Waals surface area contributed by atoms with Gasteiger partial charge in [0.05, 0.1) is 0 Å². The minimum Gasteiger partial charge on any atom is -0.203 e. The van der Waals surface area contributed by atoms with Crippen LogP contribution in [0.4, 0.5) is 0 Å². The van der Waals surface area contributed by atoms with Crippen molar-refractivity contribution >= 4 is 0 Å². The molecule has 1 rings (SSSR count). The Morgan fingerprint density at radius 2 is 1.53 bits per heavy atom. The third-order valence-corrected chi connectivity index (χ3v) is 3.34. The molecule has 0 radical (unpaired) electrons. The van der Waals surface area contributed by atoms with Crippen molar-refractivity contribution in [3.05, 3.63) is 30.1 Å². The van der Waals surface area contributed by atoms with E-state index in [1.807, 2.05) is 0 Å². The molecule has 0 aromatic carbocycles. The van der Waals surface area contributed by atoms with E-state index in [9.17, 15) is 0 Å². The van der Waals surface area contributed by atoms with Gasteiger partial charge in [0.2, 0.25) is 0 Å². The van der Waals surface area contributed by atoms with E-state index in [0.29, 0.717) is 6.04 Å². The van der Waals surface area contributed by atoms with Crippen LogP contribution in [0, 0.1) is 0 Å². The van der Waals surface area contributed by atoms with Crippen molar-refractivity contribution in [1.29, 1.82) is 0 Å². The van der Waals surface area contributed by atoms with E-state index in [2.05, 4.69) is 49.9 Å². The molecule has 1 aromatic heterocycles. The third kappa shape index (κ3) is 5.86. The minimum absolute atomic E-state index is 0.568. The number of nitrogens with zero attached hydrogens (tertiary/aromatic N) is 1. The normalized spacial score (nSPS) is 11.1. The Kier molecular flexibility index (Phi) is 6.91. The van der Waals surface area contributed by atoms with Gasteiger partial charge in [0.1, 0.15) is 0 Å². The number of hydrogen-bond acceptors (Lipinski definition) is 0. The van der Waals surface area contributed by atoms with Crippen molar-refractivity contribution in [2.75, 3.05) is 0 Å². The Hall–Kier alpha value is -0.850. The van der Waals surface area contributed by atoms with Crippen molar-refractivity contribution in [1.82, 2.24) is 0 Å². The molecule has 1 heterocycles. The summed E-state index contributed by atoms with van der Waals surface area (Å²) in [6.45, 7) is 6.70. The Morgan fingerprint density at radius 3 is 2.12 bits per heavy atom. The lowest BCUT2D eigenvalue weighted by Gasteiger charge is -2.03. The summed E-state index contributed by atoms with van der Waals surface area (Å²) in [5, 5.41) is 0. The number of pyridine rings is 1. The van der Waals surface area contributed by atoms with Gasteiger partial charge in [-0.2, -0.15) is 0 Å². The molecule has 0 aliphatic rings. The predicted octanol–water partition coefficient (Wildman–Crippen LogP) is 4.46. The second-order valence-electron chi connectivity index (χ2n) is 5.27. The highest BCUT2D eigenvalue weighted by Gasteiger charge is 2.04. The van der Waals surface area contributed by atoms with Crippen LogP contribution in [0.5, 0.6) is 0 Å². The lowest BCUT2D eigenvalue weighted by Crippen LogP contribution is -2.34. The highest BCUT2D eigenvalue weighted by molar-refractivity contribution is 5.07. The van der Waals surface area contributed by atoms with Crippen molar-refractivity contribution in [3.8, 4) is 0 Å². The van der Waals surface area contributed by atoms with Crippen LogP contribution >= 0.6 is 0 Å². The topological polar surface area (TPSA) is 3.88 Å². The number of aromatic nitrogens is 1. The Morgan fingerprint density at radius 1 is 0.941 bits per heavy atom. The quantitative estimate of drug-likeness (QED) is 0.462. The van der Waals surface area contributed by atoms with Crippen LogP contribution in [-0.4, -0.2) is 0 Å². The van der Waals surface area contributed by atoms with Gasteiger partial charge in [-0.05, 0) is 32.3 Å². The number of rotatable bonds is 8. The average molecular weight is 234 g/mol. The Balaban J connectivity index is 2.19. The van der Waals surface area contributed by atoms with Crippen molar-refractivity contribution < 1.29 is 4.57 Å². The van der Waals surface area contributed by atoms with Gasteiger partial charge in [-0.15, -0.1) is 0 Å². The van der Waals surface area contributed by atoms with Gasteiger partial charge in [-0.25, -0.2) is 4.57 Å². The number of hydrogen-bond donors (Lipinski definition) is 0. The van der Waals surface area contributed by atoms with Crippen LogP contribution in [0.15, 0.2) is 24.5 Å². The maximum Gasteiger partial charge on any atom is 0.169 e. The van der Waals surface area contributed by atoms with E-state index in [1.165, 1.54) is 50.5 Å². The maximum atomic E-state index is 2.27. The molecule has 0 N–H and O–H groups in total. The second-order valence-corrected chi connectivity index (χ2v) is 5.27. The standard InChI is InChI=1S/C16H28N/c1-4-5-6-7-8-9-10-16-11-13-17(14-12-16)15(2)3/h11-15H,4-10H2,1-3H3/q+1. The van der Waals surface area contributed by atoms with Crippen molar-refractivity contribution in [2.45, 2.75) is 71.8 Å². The second kappa shape index (κ2) is 8.27. The van der Waals surface area contributed by atoms with Gasteiger partial charge >= 0.3 is 0 Å². The first-order chi connectivity index (χ1) is 8.24. The van der Waals surface area contributed by atoms with Crippen LogP contribution < -0.4 is 4.57 Å². The van der Waals surface area contributed by atoms with Crippen LogP contribution in [0.2, 0.25) is 0 Å². The molecule has 1 nitrogen and oxygen atoms in total. The molecular formula is C16H28N+. The Bertz CT molecular complexity index is 287. The van der Waals surface area contributed by atoms with Gasteiger partial charge in [-0.1, -0.05) is 39.0 Å². The van der Waals surface area contributed by atoms with E-state index in [4.69, 9.17) is 0 Å². The van der Waals surface area contributed by atoms with Crippen LogP contribution in [0.1, 0.15) is 70.9 Å². The maximum absolute atomic E-state index is 2.27. The molecule has 1 aromatic rings. The smallest absolute Gasteiger partial charge is 0.169 e. The fraction of sp³-hybridized carbons (Fsp3) is 0.688. The Labute approximate surface area is 107 Å². The highest BCUT2D eigenvalue weighted by Crippen LogP contribution is 2.09. The molecular weight excluding hydrogens is 206 g/mol. The lowest BCUT2D eigenvalue weighted by molar-refractivity contribution is -0.716. The summed E-state index contributed by atoms with van der Waals surface area (Å²) in [4.78, 5) is 0. The van der Waals surface area contributed by atoms with Crippen LogP contribution in [0.25, 0.3) is 0 Å². The molecule has 17 heavy (non-hydrogen) atoms. The molecule has 0 amide bonds. The molecule has 0 atom stereocenters. The SMILES string of the molecule is CCCCCCCCc1cc[n+](C(C)C)cc1. The summed E-state index contributed by atoms with van der Waals surface area (Å²) in [5.74, 6) is 0. The molecule has 0 saturated heterocycles. The fourth-order valence-electron chi connectivity index (χ4n) is 2.09. The van der Waals surface area contributed by atoms with E-state index in [-0.39, 0.29) is 0 Å². The van der Waals surface area contributed by atoms with Crippen molar-refractivity contribution in [3.63, 3.8) is 0 Å². The largest absolute Gasteiger partial charge is 0.203 e. The first-order valence-corrected chi connectivity index (χ1v) is 7.23. The summed E-state index contributed by atoms with van der Waals surface area (Å²) in [7, 11) is 0. The summed E-state index contributed by atoms with van der Waals surface area (Å²) < 4.78 is 2.25. The van der Waals surface area contributed by atoms with Gasteiger partial charge < -0.3 is 0 Å². The molecule has 0 fully saturated rings. The van der Waals surface area contributed by atoms with Gasteiger partial charge in [0.15, 0.2) is 18.4 Å². The summed E-state index contributed by atoms with van der Waals surface area (Å²) in [6, 6.07) is 5.11. The first-order valence-electron chi connectivity index (χ1n) is 7.23. The zero-order chi connectivity index (χ0) is 12.5. The lowest BCUT2D eigenvalue weighted by atomic mass is 10.1. The number of aryl methyl sites for hydroxylation is 1. The van der Waals surface area contributed by atoms with E-state index >= 15 is 0 Å². The molecule has 0 bridgehead atoms. The molecule has 0 unspecified atom stereocenters. The zero-order valence-electron chi connectivity index (χ0n) is 11.8. The molecule has 0 aliphatic heterocycles. The highest BCUT2D eigenvalue weighted by atomic mass is 15.0. The number of unbranched alkanes of at least 4 members (excludes halogenated alkanes) is 5. The molecule has 1 heteroatoms. The average Bonchev–Trinajstić information content (AvgIpc) is 2.34. The van der Waals surface area contributed by atoms with Crippen molar-refractivity contribution in [2.24, 2.45) is 0 Å². The summed E-state index contributed by atoms with van der Waals surface area (Å²) in [6.07, 6.45) is 14.0.